The third-order valence-electron chi connectivity index (χ3n) is 5.46. The zero-order valence-electron chi connectivity index (χ0n) is 18.3. The van der Waals surface area contributed by atoms with Gasteiger partial charge in [0.2, 0.25) is 12.0 Å². The van der Waals surface area contributed by atoms with Crippen LogP contribution >= 0.6 is 0 Å². The molecular weight excluding hydrogens is 484 g/mol. The second-order valence-corrected chi connectivity index (χ2v) is 7.87. The zero-order chi connectivity index (χ0) is 26.1. The maximum atomic E-state index is 12.6. The summed E-state index contributed by atoms with van der Waals surface area (Å²) in [4.78, 5) is 24.8. The SMILES string of the molecule is O=C(OCCO)[C@H]1O[C@@H](Oc2cc3oc(-c4ccc(O)cc4)cc(=O)c3c(O)c2O)[C@H](O)[C@@H](O)[C@@H]1O. The smallest absolute Gasteiger partial charge is 0.338 e. The summed E-state index contributed by atoms with van der Waals surface area (Å²) in [5.41, 5.74) is -0.535. The van der Waals surface area contributed by atoms with Crippen LogP contribution in [0.25, 0.3) is 22.3 Å². The summed E-state index contributed by atoms with van der Waals surface area (Å²) in [5.74, 6) is -3.51. The highest BCUT2D eigenvalue weighted by Crippen LogP contribution is 2.42. The Balaban J connectivity index is 1.70. The number of esters is 1. The second-order valence-electron chi connectivity index (χ2n) is 7.87. The van der Waals surface area contributed by atoms with E-state index in [1.165, 1.54) is 24.3 Å². The molecule has 1 aromatic heterocycles. The molecule has 1 aliphatic heterocycles. The molecule has 2 aromatic carbocycles. The number of aliphatic hydroxyl groups is 4. The summed E-state index contributed by atoms with van der Waals surface area (Å²) in [6, 6.07) is 7.78. The first-order chi connectivity index (χ1) is 17.1. The predicted molar refractivity (Wildman–Crippen MR) is 118 cm³/mol. The van der Waals surface area contributed by atoms with Gasteiger partial charge in [-0.1, -0.05) is 0 Å². The number of hydrogen-bond acceptors (Lipinski definition) is 13. The summed E-state index contributed by atoms with van der Waals surface area (Å²) in [7, 11) is 0. The quantitative estimate of drug-likeness (QED) is 0.163. The van der Waals surface area contributed by atoms with Crippen molar-refractivity contribution < 1.29 is 59.2 Å². The van der Waals surface area contributed by atoms with E-state index in [2.05, 4.69) is 4.74 Å². The van der Waals surface area contributed by atoms with Gasteiger partial charge in [-0.15, -0.1) is 0 Å². The lowest BCUT2D eigenvalue weighted by atomic mass is 9.99. The van der Waals surface area contributed by atoms with Crippen LogP contribution in [0.15, 0.2) is 45.6 Å². The molecule has 2 heterocycles. The average molecular weight is 506 g/mol. The highest BCUT2D eigenvalue weighted by Gasteiger charge is 2.49. The molecule has 1 fully saturated rings. The van der Waals surface area contributed by atoms with Gasteiger partial charge in [-0.3, -0.25) is 4.79 Å². The van der Waals surface area contributed by atoms with E-state index in [9.17, 15) is 40.2 Å². The van der Waals surface area contributed by atoms with E-state index >= 15 is 0 Å². The molecule has 5 atom stereocenters. The number of aliphatic hydroxyl groups excluding tert-OH is 4. The van der Waals surface area contributed by atoms with Crippen LogP contribution in [0.5, 0.6) is 23.0 Å². The Morgan fingerprint density at radius 1 is 0.944 bits per heavy atom. The fourth-order valence-corrected chi connectivity index (χ4v) is 3.62. The molecule has 0 radical (unpaired) electrons. The van der Waals surface area contributed by atoms with Crippen molar-refractivity contribution in [1.82, 2.24) is 0 Å². The van der Waals surface area contributed by atoms with Crippen LogP contribution in [0.1, 0.15) is 0 Å². The molecule has 13 nitrogen and oxygen atoms in total. The van der Waals surface area contributed by atoms with E-state index < -0.39 is 72.6 Å². The zero-order valence-corrected chi connectivity index (χ0v) is 18.3. The molecule has 1 saturated heterocycles. The molecule has 13 heteroatoms. The molecule has 0 saturated carbocycles. The number of aromatic hydroxyl groups is 3. The van der Waals surface area contributed by atoms with E-state index in [1.54, 1.807) is 0 Å². The summed E-state index contributed by atoms with van der Waals surface area (Å²) < 4.78 is 21.0. The molecular formula is C23H22O13. The highest BCUT2D eigenvalue weighted by atomic mass is 16.7. The first-order valence-corrected chi connectivity index (χ1v) is 10.6. The van der Waals surface area contributed by atoms with Crippen LogP contribution in [0, 0.1) is 0 Å². The van der Waals surface area contributed by atoms with Gasteiger partial charge in [-0.25, -0.2) is 4.79 Å². The number of ether oxygens (including phenoxy) is 3. The molecule has 0 bridgehead atoms. The van der Waals surface area contributed by atoms with Gasteiger partial charge >= 0.3 is 5.97 Å². The van der Waals surface area contributed by atoms with Crippen LogP contribution < -0.4 is 10.2 Å². The average Bonchev–Trinajstić information content (AvgIpc) is 2.85. The van der Waals surface area contributed by atoms with Crippen molar-refractivity contribution >= 4 is 16.9 Å². The third-order valence-corrected chi connectivity index (χ3v) is 5.46. The maximum absolute atomic E-state index is 12.6. The topological polar surface area (TPSA) is 217 Å². The van der Waals surface area contributed by atoms with Crippen LogP contribution in [-0.4, -0.2) is 85.6 Å². The molecule has 1 aliphatic rings. The molecule has 4 rings (SSSR count). The molecule has 7 N–H and O–H groups in total. The number of rotatable bonds is 6. The lowest BCUT2D eigenvalue weighted by Crippen LogP contribution is -2.61. The van der Waals surface area contributed by atoms with Crippen molar-refractivity contribution in [3.05, 3.63) is 46.6 Å². The van der Waals surface area contributed by atoms with Crippen molar-refractivity contribution in [3.8, 4) is 34.3 Å². The fourth-order valence-electron chi connectivity index (χ4n) is 3.62. The Bertz CT molecular complexity index is 1320. The van der Waals surface area contributed by atoms with Crippen molar-refractivity contribution in [1.29, 1.82) is 0 Å². The van der Waals surface area contributed by atoms with Gasteiger partial charge in [0.1, 0.15) is 47.4 Å². The summed E-state index contributed by atoms with van der Waals surface area (Å²) in [6.07, 6.45) is -9.45. The molecule has 0 unspecified atom stereocenters. The number of phenols is 3. The minimum atomic E-state index is -1.94. The first kappa shape index (κ1) is 25.2. The third kappa shape index (κ3) is 4.65. The van der Waals surface area contributed by atoms with Crippen molar-refractivity contribution in [2.45, 2.75) is 30.7 Å². The fraction of sp³-hybridized carbons (Fsp3) is 0.304. The Labute approximate surface area is 201 Å². The minimum absolute atomic E-state index is 0.0166. The van der Waals surface area contributed by atoms with Gasteiger partial charge in [-0.2, -0.15) is 0 Å². The van der Waals surface area contributed by atoms with Crippen molar-refractivity contribution in [3.63, 3.8) is 0 Å². The van der Waals surface area contributed by atoms with E-state index in [4.69, 9.17) is 19.0 Å². The van der Waals surface area contributed by atoms with Crippen molar-refractivity contribution in [2.24, 2.45) is 0 Å². The van der Waals surface area contributed by atoms with E-state index in [0.717, 1.165) is 12.1 Å². The summed E-state index contributed by atoms with van der Waals surface area (Å²) >= 11 is 0. The number of hydrogen-bond donors (Lipinski definition) is 7. The predicted octanol–water partition coefficient (Wildman–Crippen LogP) is -0.701. The number of phenolic OH excluding ortho intramolecular Hbond substituents is 3. The Morgan fingerprint density at radius 2 is 1.64 bits per heavy atom. The van der Waals surface area contributed by atoms with Gasteiger partial charge in [-0.05, 0) is 24.3 Å². The molecule has 0 amide bonds. The lowest BCUT2D eigenvalue weighted by molar-refractivity contribution is -0.272. The molecule has 3 aromatic rings. The maximum Gasteiger partial charge on any atom is 0.338 e. The van der Waals surface area contributed by atoms with E-state index in [-0.39, 0.29) is 22.5 Å². The Morgan fingerprint density at radius 3 is 2.31 bits per heavy atom. The number of carbonyl (C=O) groups excluding carboxylic acids is 1. The standard InChI is InChI=1S/C23H22O13/c24-5-6-33-22(32)21-19(30)18(29)20(31)23(36-21)35-14-8-13-15(17(28)16(14)27)11(26)7-12(34-13)9-1-3-10(25)4-2-9/h1-4,7-8,18-21,23-25,27-31H,5-6H2/t18-,19-,20+,21-,23+/m0/s1. The lowest BCUT2D eigenvalue weighted by Gasteiger charge is -2.39. The van der Waals surface area contributed by atoms with Gasteiger partial charge in [0.05, 0.1) is 6.61 Å². The van der Waals surface area contributed by atoms with Gasteiger partial charge in [0.15, 0.2) is 23.0 Å². The number of benzene rings is 2. The van der Waals surface area contributed by atoms with Crippen molar-refractivity contribution in [2.75, 3.05) is 13.2 Å². The molecule has 192 valence electrons. The molecule has 0 spiro atoms. The van der Waals surface area contributed by atoms with Gasteiger partial charge in [0, 0.05) is 17.7 Å². The largest absolute Gasteiger partial charge is 0.508 e. The second kappa shape index (κ2) is 10.0. The van der Waals surface area contributed by atoms with E-state index in [1.807, 2.05) is 0 Å². The van der Waals surface area contributed by atoms with Crippen LogP contribution in [0.3, 0.4) is 0 Å². The van der Waals surface area contributed by atoms with E-state index in [0.29, 0.717) is 5.56 Å². The van der Waals surface area contributed by atoms with Gasteiger partial charge < -0.3 is 54.4 Å². The number of fused-ring (bicyclic) bond motifs is 1. The first-order valence-electron chi connectivity index (χ1n) is 10.6. The van der Waals surface area contributed by atoms with Crippen LogP contribution in [-0.2, 0) is 14.3 Å². The van der Waals surface area contributed by atoms with Crippen LogP contribution in [0.4, 0.5) is 0 Å². The monoisotopic (exact) mass is 506 g/mol. The highest BCUT2D eigenvalue weighted by molar-refractivity contribution is 5.89. The Kier molecular flexibility index (Phi) is 7.01. The van der Waals surface area contributed by atoms with Crippen LogP contribution in [0.2, 0.25) is 0 Å². The molecule has 0 aliphatic carbocycles. The summed E-state index contributed by atoms with van der Waals surface area (Å²) in [5, 5.41) is 69.2. The Hall–Kier alpha value is -3.88. The number of carbonyl (C=O) groups is 1. The minimum Gasteiger partial charge on any atom is -0.508 e. The molecule has 36 heavy (non-hydrogen) atoms. The summed E-state index contributed by atoms with van der Waals surface area (Å²) in [6.45, 7) is -0.932. The normalized spacial score (nSPS) is 23.9. The van der Waals surface area contributed by atoms with Gasteiger partial charge in [0.25, 0.3) is 0 Å².